The van der Waals surface area contributed by atoms with E-state index in [1.165, 1.54) is 12.7 Å². The number of carbonyl (C=O) groups excluding carboxylic acids is 2. The number of hydrogen-bond donors (Lipinski definition) is 1. The van der Waals surface area contributed by atoms with Crippen LogP contribution in [0.15, 0.2) is 48.5 Å². The SMILES string of the molecule is COC(=O)c1ccc(C)c(NC(=O)CN(C)[C@H]2CCN(Cc3ccccc3)C[C@H]2C)c1. The van der Waals surface area contributed by atoms with Gasteiger partial charge < -0.3 is 10.1 Å². The predicted octanol–water partition coefficient (Wildman–Crippen LogP) is 3.56. The number of likely N-dealkylation sites (N-methyl/N-ethyl adjacent to an activating group) is 1. The summed E-state index contributed by atoms with van der Waals surface area (Å²) in [6.07, 6.45) is 1.04. The number of likely N-dealkylation sites (tertiary alicyclic amines) is 1. The third kappa shape index (κ3) is 6.15. The minimum atomic E-state index is -0.413. The lowest BCUT2D eigenvalue weighted by Gasteiger charge is -2.41. The second-order valence-electron chi connectivity index (χ2n) is 8.54. The Morgan fingerprint density at radius 3 is 2.61 bits per heavy atom. The Bertz CT molecular complexity index is 900. The number of nitrogens with zero attached hydrogens (tertiary/aromatic N) is 2. The van der Waals surface area contributed by atoms with Gasteiger partial charge >= 0.3 is 5.97 Å². The maximum atomic E-state index is 12.7. The maximum Gasteiger partial charge on any atom is 0.337 e. The Hall–Kier alpha value is -2.70. The number of aryl methyl sites for hydroxylation is 1. The van der Waals surface area contributed by atoms with Crippen LogP contribution in [0, 0.1) is 12.8 Å². The summed E-state index contributed by atoms with van der Waals surface area (Å²) in [5, 5.41) is 2.96. The van der Waals surface area contributed by atoms with Gasteiger partial charge in [-0.2, -0.15) is 0 Å². The van der Waals surface area contributed by atoms with Crippen molar-refractivity contribution in [2.24, 2.45) is 5.92 Å². The summed E-state index contributed by atoms with van der Waals surface area (Å²) in [6, 6.07) is 16.1. The van der Waals surface area contributed by atoms with Crippen LogP contribution in [-0.2, 0) is 16.1 Å². The second-order valence-corrected chi connectivity index (χ2v) is 8.54. The fourth-order valence-corrected chi connectivity index (χ4v) is 4.39. The average Bonchev–Trinajstić information content (AvgIpc) is 2.75. The van der Waals surface area contributed by atoms with Gasteiger partial charge in [0.1, 0.15) is 0 Å². The standard InChI is InChI=1S/C25H33N3O3/c1-18-10-11-21(25(30)31-4)14-22(18)26-24(29)17-27(3)23-12-13-28(15-19(23)2)16-20-8-6-5-7-9-20/h5-11,14,19,23H,12-13,15-17H2,1-4H3,(H,26,29)/t19-,23+/m1/s1. The van der Waals surface area contributed by atoms with Crippen molar-refractivity contribution in [3.63, 3.8) is 0 Å². The number of anilines is 1. The average molecular weight is 424 g/mol. The van der Waals surface area contributed by atoms with Gasteiger partial charge in [-0.25, -0.2) is 4.79 Å². The second kappa shape index (κ2) is 10.6. The molecule has 0 aromatic heterocycles. The predicted molar refractivity (Wildman–Crippen MR) is 123 cm³/mol. The lowest BCUT2D eigenvalue weighted by Crippen LogP contribution is -2.50. The molecule has 1 amide bonds. The largest absolute Gasteiger partial charge is 0.465 e. The summed E-state index contributed by atoms with van der Waals surface area (Å²) < 4.78 is 4.77. The Morgan fingerprint density at radius 1 is 1.19 bits per heavy atom. The van der Waals surface area contributed by atoms with Crippen molar-refractivity contribution in [2.45, 2.75) is 32.9 Å². The number of esters is 1. The van der Waals surface area contributed by atoms with Crippen molar-refractivity contribution in [3.05, 3.63) is 65.2 Å². The number of rotatable bonds is 7. The van der Waals surface area contributed by atoms with E-state index in [-0.39, 0.29) is 5.91 Å². The highest BCUT2D eigenvalue weighted by molar-refractivity contribution is 5.96. The molecule has 1 fully saturated rings. The fourth-order valence-electron chi connectivity index (χ4n) is 4.39. The van der Waals surface area contributed by atoms with Gasteiger partial charge in [-0.1, -0.05) is 43.3 Å². The number of methoxy groups -OCH3 is 1. The van der Waals surface area contributed by atoms with Crippen LogP contribution in [0.3, 0.4) is 0 Å². The van der Waals surface area contributed by atoms with Gasteiger partial charge in [0, 0.05) is 24.8 Å². The molecule has 0 radical (unpaired) electrons. The van der Waals surface area contributed by atoms with E-state index in [9.17, 15) is 9.59 Å². The number of carbonyl (C=O) groups is 2. The van der Waals surface area contributed by atoms with E-state index < -0.39 is 5.97 Å². The molecule has 1 aliphatic rings. The lowest BCUT2D eigenvalue weighted by molar-refractivity contribution is -0.118. The molecule has 2 aromatic carbocycles. The minimum Gasteiger partial charge on any atom is -0.465 e. The monoisotopic (exact) mass is 423 g/mol. The Labute approximate surface area is 185 Å². The first-order valence-electron chi connectivity index (χ1n) is 10.8. The smallest absolute Gasteiger partial charge is 0.337 e. The van der Waals surface area contributed by atoms with E-state index >= 15 is 0 Å². The number of nitrogens with one attached hydrogen (secondary N) is 1. The first-order valence-corrected chi connectivity index (χ1v) is 10.8. The lowest BCUT2D eigenvalue weighted by atomic mass is 9.92. The molecule has 31 heavy (non-hydrogen) atoms. The van der Waals surface area contributed by atoms with Crippen LogP contribution >= 0.6 is 0 Å². The van der Waals surface area contributed by atoms with Gasteiger partial charge in [0.15, 0.2) is 0 Å². The normalized spacial score (nSPS) is 19.3. The molecule has 0 unspecified atom stereocenters. The Kier molecular flexibility index (Phi) is 7.82. The first-order chi connectivity index (χ1) is 14.9. The van der Waals surface area contributed by atoms with Crippen LogP contribution < -0.4 is 5.32 Å². The highest BCUT2D eigenvalue weighted by Gasteiger charge is 2.29. The van der Waals surface area contributed by atoms with Gasteiger partial charge in [-0.3, -0.25) is 14.6 Å². The van der Waals surface area contributed by atoms with Gasteiger partial charge in [-0.15, -0.1) is 0 Å². The molecule has 0 aliphatic carbocycles. The summed E-state index contributed by atoms with van der Waals surface area (Å²) in [5.41, 5.74) is 3.32. The van der Waals surface area contributed by atoms with E-state index in [0.29, 0.717) is 29.8 Å². The summed E-state index contributed by atoms with van der Waals surface area (Å²) in [6.45, 7) is 7.50. The molecule has 3 rings (SSSR count). The molecule has 1 saturated heterocycles. The van der Waals surface area contributed by atoms with Crippen LogP contribution in [0.5, 0.6) is 0 Å². The molecule has 1 aliphatic heterocycles. The molecule has 1 N–H and O–H groups in total. The quantitative estimate of drug-likeness (QED) is 0.690. The Balaban J connectivity index is 1.54. The number of benzene rings is 2. The Morgan fingerprint density at radius 2 is 1.94 bits per heavy atom. The topological polar surface area (TPSA) is 61.9 Å². The van der Waals surface area contributed by atoms with Crippen LogP contribution in [0.2, 0.25) is 0 Å². The van der Waals surface area contributed by atoms with E-state index in [2.05, 4.69) is 46.3 Å². The molecule has 2 atom stereocenters. The third-order valence-electron chi connectivity index (χ3n) is 6.09. The van der Waals surface area contributed by atoms with Crippen molar-refractivity contribution in [1.29, 1.82) is 0 Å². The summed E-state index contributed by atoms with van der Waals surface area (Å²) in [5.74, 6) is -0.0186. The van der Waals surface area contributed by atoms with E-state index in [1.807, 2.05) is 26.1 Å². The highest BCUT2D eigenvalue weighted by atomic mass is 16.5. The van der Waals surface area contributed by atoms with Gasteiger partial charge in [0.2, 0.25) is 5.91 Å². The van der Waals surface area contributed by atoms with Crippen molar-refractivity contribution in [2.75, 3.05) is 39.1 Å². The van der Waals surface area contributed by atoms with Crippen LogP contribution in [0.25, 0.3) is 0 Å². The van der Waals surface area contributed by atoms with Crippen LogP contribution in [-0.4, -0.2) is 61.5 Å². The molecule has 166 valence electrons. The molecule has 2 aromatic rings. The number of amides is 1. The zero-order valence-electron chi connectivity index (χ0n) is 18.9. The van der Waals surface area contributed by atoms with Crippen molar-refractivity contribution in [3.8, 4) is 0 Å². The third-order valence-corrected chi connectivity index (χ3v) is 6.09. The minimum absolute atomic E-state index is 0.0773. The molecule has 1 heterocycles. The van der Waals surface area contributed by atoms with Gasteiger partial charge in [0.25, 0.3) is 0 Å². The summed E-state index contributed by atoms with van der Waals surface area (Å²) in [4.78, 5) is 29.1. The van der Waals surface area contributed by atoms with E-state index in [1.54, 1.807) is 12.1 Å². The van der Waals surface area contributed by atoms with Gasteiger partial charge in [-0.05, 0) is 56.1 Å². The first kappa shape index (κ1) is 23.0. The molecule has 0 spiro atoms. The molecule has 6 heteroatoms. The summed E-state index contributed by atoms with van der Waals surface area (Å²) in [7, 11) is 3.37. The van der Waals surface area contributed by atoms with E-state index in [4.69, 9.17) is 4.74 Å². The van der Waals surface area contributed by atoms with Crippen molar-refractivity contribution >= 4 is 17.6 Å². The summed E-state index contributed by atoms with van der Waals surface area (Å²) >= 11 is 0. The molecular weight excluding hydrogens is 390 g/mol. The number of piperidine rings is 1. The molecular formula is C25H33N3O3. The molecule has 0 bridgehead atoms. The maximum absolute atomic E-state index is 12.7. The zero-order valence-corrected chi connectivity index (χ0v) is 18.9. The van der Waals surface area contributed by atoms with Crippen molar-refractivity contribution < 1.29 is 14.3 Å². The zero-order chi connectivity index (χ0) is 22.4. The van der Waals surface area contributed by atoms with Crippen molar-refractivity contribution in [1.82, 2.24) is 9.80 Å². The van der Waals surface area contributed by atoms with Crippen LogP contribution in [0.1, 0.15) is 34.8 Å². The number of hydrogen-bond acceptors (Lipinski definition) is 5. The fraction of sp³-hybridized carbons (Fsp3) is 0.440. The van der Waals surface area contributed by atoms with E-state index in [0.717, 1.165) is 31.6 Å². The highest BCUT2D eigenvalue weighted by Crippen LogP contribution is 2.23. The number of ether oxygens (including phenoxy) is 1. The van der Waals surface area contributed by atoms with Gasteiger partial charge in [0.05, 0.1) is 19.2 Å². The molecule has 6 nitrogen and oxygen atoms in total. The molecule has 0 saturated carbocycles. The van der Waals surface area contributed by atoms with Crippen LogP contribution in [0.4, 0.5) is 5.69 Å².